The number of nitrogens with one attached hydrogen (secondary N) is 1. The average molecular weight is 434 g/mol. The van der Waals surface area contributed by atoms with Gasteiger partial charge in [0, 0.05) is 18.3 Å². The number of hydrogen-bond donors (Lipinski definition) is 1. The topological polar surface area (TPSA) is 77.1 Å². The maximum absolute atomic E-state index is 13.3. The highest BCUT2D eigenvalue weighted by Gasteiger charge is 2.42. The maximum atomic E-state index is 13.3. The lowest BCUT2D eigenvalue weighted by atomic mass is 10.3. The molecule has 0 aliphatic heterocycles. The van der Waals surface area contributed by atoms with E-state index in [1.165, 1.54) is 25.3 Å². The summed E-state index contributed by atoms with van der Waals surface area (Å²) in [5.41, 5.74) is -1.78. The number of alkyl halides is 4. The molecule has 3 atom stereocenters. The van der Waals surface area contributed by atoms with E-state index in [4.69, 9.17) is 16.3 Å². The van der Waals surface area contributed by atoms with Crippen molar-refractivity contribution in [2.24, 2.45) is 0 Å². The van der Waals surface area contributed by atoms with Crippen LogP contribution in [0.4, 0.5) is 13.2 Å². The van der Waals surface area contributed by atoms with Crippen LogP contribution >= 0.6 is 11.6 Å². The second-order valence-electron chi connectivity index (χ2n) is 5.75. The molecule has 0 aliphatic rings. The van der Waals surface area contributed by atoms with Gasteiger partial charge in [0.15, 0.2) is 5.16 Å². The lowest BCUT2D eigenvalue weighted by molar-refractivity contribution is -0.198. The number of methoxy groups -OCH3 is 1. The largest absolute Gasteiger partial charge is 0.497 e. The Hall–Kier alpha value is -2.33. The molecule has 0 bridgehead atoms. The van der Waals surface area contributed by atoms with Crippen molar-refractivity contribution in [2.45, 2.75) is 29.1 Å². The van der Waals surface area contributed by atoms with Crippen LogP contribution < -0.4 is 9.47 Å². The zero-order chi connectivity index (χ0) is 20.5. The van der Waals surface area contributed by atoms with Crippen molar-refractivity contribution in [3.8, 4) is 11.5 Å². The minimum absolute atomic E-state index is 0.136. The van der Waals surface area contributed by atoms with Gasteiger partial charge in [0.25, 0.3) is 5.63 Å². The van der Waals surface area contributed by atoms with Gasteiger partial charge in [-0.25, -0.2) is 9.37 Å². The molecule has 150 valence electrons. The van der Waals surface area contributed by atoms with Crippen LogP contribution in [0.15, 0.2) is 41.7 Å². The van der Waals surface area contributed by atoms with Gasteiger partial charge < -0.3 is 14.5 Å². The molecule has 2 aromatic heterocycles. The van der Waals surface area contributed by atoms with E-state index in [-0.39, 0.29) is 10.9 Å². The predicted molar refractivity (Wildman–Crippen MR) is 98.0 cm³/mol. The van der Waals surface area contributed by atoms with Crippen molar-refractivity contribution >= 4 is 33.4 Å². The number of hydrogen-bond acceptors (Lipinski definition) is 5. The van der Waals surface area contributed by atoms with Crippen LogP contribution in [0.3, 0.4) is 0 Å². The molecule has 6 nitrogen and oxygen atoms in total. The normalized spacial score (nSPS) is 15.2. The highest BCUT2D eigenvalue weighted by Crippen LogP contribution is 2.31. The SMILES string of the molecule is COc1ccnc(C(C)S(=O)c2nc3ccc(OC(F)(F)C(F)Cl)cc3[nH]2)c1. The first-order chi connectivity index (χ1) is 13.2. The summed E-state index contributed by atoms with van der Waals surface area (Å²) in [5.74, 6) is 0.260. The number of imidazole rings is 1. The third-order valence-electron chi connectivity index (χ3n) is 3.86. The molecule has 2 heterocycles. The highest BCUT2D eigenvalue weighted by molar-refractivity contribution is 7.85. The molecule has 3 rings (SSSR count). The van der Waals surface area contributed by atoms with Crippen LogP contribution in [-0.2, 0) is 10.8 Å². The number of H-pyrrole nitrogens is 1. The van der Waals surface area contributed by atoms with Crippen molar-refractivity contribution < 1.29 is 26.9 Å². The Balaban J connectivity index is 1.86. The van der Waals surface area contributed by atoms with E-state index >= 15 is 0 Å². The van der Waals surface area contributed by atoms with E-state index in [0.29, 0.717) is 22.5 Å². The molecular formula is C17H15ClF3N3O3S. The third kappa shape index (κ3) is 4.22. The summed E-state index contributed by atoms with van der Waals surface area (Å²) in [7, 11) is -0.0974. The van der Waals surface area contributed by atoms with Gasteiger partial charge >= 0.3 is 6.11 Å². The Bertz CT molecular complexity index is 1020. The van der Waals surface area contributed by atoms with Crippen molar-refractivity contribution in [1.82, 2.24) is 15.0 Å². The average Bonchev–Trinajstić information content (AvgIpc) is 3.09. The zero-order valence-corrected chi connectivity index (χ0v) is 16.2. The molecule has 0 amide bonds. The zero-order valence-electron chi connectivity index (χ0n) is 14.7. The number of ether oxygens (including phenoxy) is 2. The van der Waals surface area contributed by atoms with Crippen molar-refractivity contribution in [1.29, 1.82) is 0 Å². The number of aromatic nitrogens is 3. The molecule has 0 spiro atoms. The predicted octanol–water partition coefficient (Wildman–Crippen LogP) is 4.34. The molecule has 0 aliphatic carbocycles. The van der Waals surface area contributed by atoms with E-state index in [2.05, 4.69) is 19.7 Å². The highest BCUT2D eigenvalue weighted by atomic mass is 35.5. The Morgan fingerprint density at radius 2 is 2.00 bits per heavy atom. The number of halogens is 4. The summed E-state index contributed by atoms with van der Waals surface area (Å²) >= 11 is 4.78. The number of aromatic amines is 1. The molecule has 3 aromatic rings. The fraction of sp³-hybridized carbons (Fsp3) is 0.294. The van der Waals surface area contributed by atoms with Gasteiger partial charge in [0.1, 0.15) is 11.5 Å². The minimum Gasteiger partial charge on any atom is -0.497 e. The number of pyridine rings is 1. The van der Waals surface area contributed by atoms with Gasteiger partial charge in [-0.05, 0) is 25.1 Å². The van der Waals surface area contributed by atoms with Gasteiger partial charge in [0.2, 0.25) is 0 Å². The molecule has 1 N–H and O–H groups in total. The molecule has 0 saturated heterocycles. The monoisotopic (exact) mass is 433 g/mol. The van der Waals surface area contributed by atoms with E-state index in [1.807, 2.05) is 0 Å². The second-order valence-corrected chi connectivity index (χ2v) is 7.82. The van der Waals surface area contributed by atoms with Crippen molar-refractivity contribution in [2.75, 3.05) is 7.11 Å². The van der Waals surface area contributed by atoms with Crippen LogP contribution in [0, 0.1) is 0 Å². The van der Waals surface area contributed by atoms with E-state index in [9.17, 15) is 17.4 Å². The van der Waals surface area contributed by atoms with E-state index in [1.54, 1.807) is 25.3 Å². The number of nitrogens with zero attached hydrogens (tertiary/aromatic N) is 2. The lowest BCUT2D eigenvalue weighted by Gasteiger charge is -2.17. The summed E-state index contributed by atoms with van der Waals surface area (Å²) in [6.07, 6.45) is -2.65. The van der Waals surface area contributed by atoms with Gasteiger partial charge in [0.05, 0.1) is 39.9 Å². The summed E-state index contributed by atoms with van der Waals surface area (Å²) in [6, 6.07) is 7.11. The van der Waals surface area contributed by atoms with Gasteiger partial charge in [-0.15, -0.1) is 0 Å². The van der Waals surface area contributed by atoms with Crippen LogP contribution in [0.1, 0.15) is 17.9 Å². The first-order valence-electron chi connectivity index (χ1n) is 7.96. The summed E-state index contributed by atoms with van der Waals surface area (Å²) < 4.78 is 61.6. The fourth-order valence-electron chi connectivity index (χ4n) is 2.38. The van der Waals surface area contributed by atoms with Gasteiger partial charge in [-0.3, -0.25) is 9.19 Å². The quantitative estimate of drug-likeness (QED) is 0.561. The summed E-state index contributed by atoms with van der Waals surface area (Å²) in [4.78, 5) is 11.2. The molecule has 0 saturated carbocycles. The number of rotatable bonds is 7. The van der Waals surface area contributed by atoms with Gasteiger partial charge in [-0.1, -0.05) is 11.6 Å². The fourth-order valence-corrected chi connectivity index (χ4v) is 3.51. The molecular weight excluding hydrogens is 419 g/mol. The lowest BCUT2D eigenvalue weighted by Crippen LogP contribution is -2.32. The Kier molecular flexibility index (Phi) is 5.80. The van der Waals surface area contributed by atoms with E-state index in [0.717, 1.165) is 0 Å². The second kappa shape index (κ2) is 7.96. The first-order valence-corrected chi connectivity index (χ1v) is 9.61. The van der Waals surface area contributed by atoms with Crippen molar-refractivity contribution in [3.05, 3.63) is 42.2 Å². The Morgan fingerprint density at radius 1 is 1.25 bits per heavy atom. The Morgan fingerprint density at radius 3 is 2.68 bits per heavy atom. The van der Waals surface area contributed by atoms with Crippen LogP contribution in [0.2, 0.25) is 0 Å². The molecule has 3 unspecified atom stereocenters. The molecule has 1 aromatic carbocycles. The minimum atomic E-state index is -4.19. The first kappa shape index (κ1) is 20.4. The molecule has 0 fully saturated rings. The molecule has 0 radical (unpaired) electrons. The number of benzene rings is 1. The van der Waals surface area contributed by atoms with Gasteiger partial charge in [-0.2, -0.15) is 8.78 Å². The van der Waals surface area contributed by atoms with Crippen LogP contribution in [0.5, 0.6) is 11.5 Å². The van der Waals surface area contributed by atoms with Crippen LogP contribution in [-0.4, -0.2) is 38.0 Å². The molecule has 11 heteroatoms. The standard InChI is InChI=1S/C17H15ClF3N3O3S/c1-9(13-7-10(26-2)5-6-22-13)28(25)16-23-12-4-3-11(8-14(12)24-16)27-17(20,21)15(18)19/h3-9,15H,1-2H3,(H,23,24). The summed E-state index contributed by atoms with van der Waals surface area (Å²) in [6.45, 7) is 1.71. The Labute approximate surface area is 165 Å². The van der Waals surface area contributed by atoms with Crippen LogP contribution in [0.25, 0.3) is 11.0 Å². The maximum Gasteiger partial charge on any atom is 0.444 e. The van der Waals surface area contributed by atoms with Crippen molar-refractivity contribution in [3.63, 3.8) is 0 Å². The smallest absolute Gasteiger partial charge is 0.444 e. The summed E-state index contributed by atoms with van der Waals surface area (Å²) in [5, 5.41) is -0.379. The molecule has 28 heavy (non-hydrogen) atoms. The number of fused-ring (bicyclic) bond motifs is 1. The third-order valence-corrected chi connectivity index (χ3v) is 5.57. The van der Waals surface area contributed by atoms with E-state index < -0.39 is 27.8 Å².